The highest BCUT2D eigenvalue weighted by Gasteiger charge is 2.04. The van der Waals surface area contributed by atoms with E-state index in [-0.39, 0.29) is 13.2 Å². The number of carbonyl (C=O) groups excluding carboxylic acids is 1. The van der Waals surface area contributed by atoms with Crippen LogP contribution in [0, 0.1) is 0 Å². The Bertz CT molecular complexity index is 742. The molecule has 0 atom stereocenters. The molecule has 0 heterocycles. The Labute approximate surface area is 155 Å². The normalized spacial score (nSPS) is 10.5. The van der Waals surface area contributed by atoms with Crippen LogP contribution >= 0.6 is 15.9 Å². The minimum Gasteiger partial charge on any atom is -0.497 e. The van der Waals surface area contributed by atoms with Gasteiger partial charge in [0, 0.05) is 22.2 Å². The van der Waals surface area contributed by atoms with Gasteiger partial charge in [0.1, 0.15) is 30.5 Å². The molecule has 0 saturated heterocycles. The number of benzene rings is 2. The standard InChI is InChI=1S/C19H19BrO5/c1-22-16-8-6-14(18(13-16)23-2)7-9-19(21)25-11-10-24-17-5-3-4-15(20)12-17/h3-9,12-13H,10-11H2,1-2H3. The van der Waals surface area contributed by atoms with Crippen molar-refractivity contribution >= 4 is 28.0 Å². The molecule has 0 aliphatic carbocycles. The van der Waals surface area contributed by atoms with Crippen molar-refractivity contribution in [1.29, 1.82) is 0 Å². The van der Waals surface area contributed by atoms with Crippen molar-refractivity contribution in [2.24, 2.45) is 0 Å². The number of methoxy groups -OCH3 is 2. The summed E-state index contributed by atoms with van der Waals surface area (Å²) in [5.74, 6) is 1.56. The molecule has 2 rings (SSSR count). The molecule has 0 aliphatic heterocycles. The summed E-state index contributed by atoms with van der Waals surface area (Å²) in [5.41, 5.74) is 0.755. The number of esters is 1. The van der Waals surface area contributed by atoms with Crippen LogP contribution in [-0.4, -0.2) is 33.4 Å². The van der Waals surface area contributed by atoms with Gasteiger partial charge in [-0.1, -0.05) is 22.0 Å². The van der Waals surface area contributed by atoms with Crippen LogP contribution in [0.2, 0.25) is 0 Å². The smallest absolute Gasteiger partial charge is 0.330 e. The Hall–Kier alpha value is -2.47. The van der Waals surface area contributed by atoms with Crippen molar-refractivity contribution < 1.29 is 23.7 Å². The second-order valence-electron chi connectivity index (χ2n) is 4.91. The van der Waals surface area contributed by atoms with Gasteiger partial charge in [-0.25, -0.2) is 4.79 Å². The lowest BCUT2D eigenvalue weighted by Gasteiger charge is -2.08. The van der Waals surface area contributed by atoms with E-state index >= 15 is 0 Å². The van der Waals surface area contributed by atoms with E-state index in [9.17, 15) is 4.79 Å². The van der Waals surface area contributed by atoms with Crippen molar-refractivity contribution in [2.75, 3.05) is 27.4 Å². The summed E-state index contributed by atoms with van der Waals surface area (Å²) >= 11 is 3.37. The molecule has 0 radical (unpaired) electrons. The van der Waals surface area contributed by atoms with E-state index in [2.05, 4.69) is 15.9 Å². The summed E-state index contributed by atoms with van der Waals surface area (Å²) in [6.07, 6.45) is 2.99. The molecule has 2 aromatic rings. The van der Waals surface area contributed by atoms with Gasteiger partial charge in [0.25, 0.3) is 0 Å². The number of ether oxygens (including phenoxy) is 4. The second-order valence-corrected chi connectivity index (χ2v) is 5.83. The van der Waals surface area contributed by atoms with Gasteiger partial charge in [-0.2, -0.15) is 0 Å². The number of rotatable bonds is 8. The zero-order chi connectivity index (χ0) is 18.1. The van der Waals surface area contributed by atoms with Crippen LogP contribution < -0.4 is 14.2 Å². The first-order valence-corrected chi connectivity index (χ1v) is 8.37. The van der Waals surface area contributed by atoms with E-state index in [1.165, 1.54) is 6.08 Å². The van der Waals surface area contributed by atoms with Gasteiger partial charge < -0.3 is 18.9 Å². The fourth-order valence-electron chi connectivity index (χ4n) is 2.02. The first-order valence-electron chi connectivity index (χ1n) is 7.57. The van der Waals surface area contributed by atoms with Crippen molar-refractivity contribution in [2.45, 2.75) is 0 Å². The third kappa shape index (κ3) is 6.15. The monoisotopic (exact) mass is 406 g/mol. The Morgan fingerprint density at radius 2 is 1.88 bits per heavy atom. The molecule has 0 fully saturated rings. The average molecular weight is 407 g/mol. The van der Waals surface area contributed by atoms with Gasteiger partial charge in [-0.15, -0.1) is 0 Å². The number of carbonyl (C=O) groups is 1. The zero-order valence-electron chi connectivity index (χ0n) is 14.0. The van der Waals surface area contributed by atoms with E-state index in [1.807, 2.05) is 24.3 Å². The topological polar surface area (TPSA) is 54.0 Å². The number of halogens is 1. The minimum atomic E-state index is -0.448. The van der Waals surface area contributed by atoms with Gasteiger partial charge in [0.15, 0.2) is 0 Å². The van der Waals surface area contributed by atoms with E-state index in [0.29, 0.717) is 17.2 Å². The molecule has 5 nitrogen and oxygen atoms in total. The van der Waals surface area contributed by atoms with Crippen molar-refractivity contribution in [3.8, 4) is 17.2 Å². The summed E-state index contributed by atoms with van der Waals surface area (Å²) in [4.78, 5) is 11.8. The molecule has 0 bridgehead atoms. The minimum absolute atomic E-state index is 0.162. The zero-order valence-corrected chi connectivity index (χ0v) is 15.6. The van der Waals surface area contributed by atoms with Crippen molar-refractivity contribution in [3.63, 3.8) is 0 Å². The van der Waals surface area contributed by atoms with Crippen LogP contribution in [0.5, 0.6) is 17.2 Å². The van der Waals surface area contributed by atoms with Crippen LogP contribution in [0.3, 0.4) is 0 Å². The third-order valence-electron chi connectivity index (χ3n) is 3.23. The largest absolute Gasteiger partial charge is 0.497 e. The second kappa shape index (κ2) is 9.74. The Kier molecular flexibility index (Phi) is 7.35. The first kappa shape index (κ1) is 18.9. The summed E-state index contributed by atoms with van der Waals surface area (Å²) in [6, 6.07) is 12.8. The third-order valence-corrected chi connectivity index (χ3v) is 3.73. The fourth-order valence-corrected chi connectivity index (χ4v) is 2.40. The van der Waals surface area contributed by atoms with Crippen LogP contribution in [0.15, 0.2) is 53.0 Å². The lowest BCUT2D eigenvalue weighted by molar-refractivity contribution is -0.138. The highest BCUT2D eigenvalue weighted by atomic mass is 79.9. The van der Waals surface area contributed by atoms with Crippen LogP contribution in [0.4, 0.5) is 0 Å². The van der Waals surface area contributed by atoms with Gasteiger partial charge >= 0.3 is 5.97 Å². The molecular weight excluding hydrogens is 388 g/mol. The van der Waals surface area contributed by atoms with E-state index in [1.54, 1.807) is 38.5 Å². The lowest BCUT2D eigenvalue weighted by Crippen LogP contribution is -2.10. The highest BCUT2D eigenvalue weighted by Crippen LogP contribution is 2.25. The number of hydrogen-bond donors (Lipinski definition) is 0. The predicted octanol–water partition coefficient (Wildman–Crippen LogP) is 4.10. The first-order chi connectivity index (χ1) is 12.1. The molecule has 0 aromatic heterocycles. The SMILES string of the molecule is COc1ccc(C=CC(=O)OCCOc2cccc(Br)c2)c(OC)c1. The molecule has 0 unspecified atom stereocenters. The fraction of sp³-hybridized carbons (Fsp3) is 0.211. The van der Waals surface area contributed by atoms with Crippen LogP contribution in [0.25, 0.3) is 6.08 Å². The van der Waals surface area contributed by atoms with E-state index in [0.717, 1.165) is 10.0 Å². The molecule has 2 aromatic carbocycles. The molecule has 0 N–H and O–H groups in total. The highest BCUT2D eigenvalue weighted by molar-refractivity contribution is 9.10. The molecule has 25 heavy (non-hydrogen) atoms. The quantitative estimate of drug-likeness (QED) is 0.375. The summed E-state index contributed by atoms with van der Waals surface area (Å²) in [7, 11) is 3.14. The van der Waals surface area contributed by atoms with Crippen molar-refractivity contribution in [3.05, 3.63) is 58.6 Å². The molecule has 0 aliphatic rings. The molecule has 0 saturated carbocycles. The molecule has 6 heteroatoms. The van der Waals surface area contributed by atoms with Gasteiger partial charge in [0.05, 0.1) is 14.2 Å². The van der Waals surface area contributed by atoms with Crippen LogP contribution in [0.1, 0.15) is 5.56 Å². The lowest BCUT2D eigenvalue weighted by atomic mass is 10.2. The van der Waals surface area contributed by atoms with Gasteiger partial charge in [-0.3, -0.25) is 0 Å². The average Bonchev–Trinajstić information content (AvgIpc) is 2.63. The Morgan fingerprint density at radius 1 is 1.04 bits per heavy atom. The van der Waals surface area contributed by atoms with E-state index in [4.69, 9.17) is 18.9 Å². The molecular formula is C19H19BrO5. The molecule has 0 amide bonds. The number of hydrogen-bond acceptors (Lipinski definition) is 5. The molecule has 132 valence electrons. The maximum Gasteiger partial charge on any atom is 0.330 e. The maximum absolute atomic E-state index is 11.8. The van der Waals surface area contributed by atoms with Crippen molar-refractivity contribution in [1.82, 2.24) is 0 Å². The Balaban J connectivity index is 1.81. The van der Waals surface area contributed by atoms with Gasteiger partial charge in [-0.05, 0) is 36.4 Å². The predicted molar refractivity (Wildman–Crippen MR) is 99.2 cm³/mol. The summed E-state index contributed by atoms with van der Waals surface area (Å²) in [5, 5.41) is 0. The maximum atomic E-state index is 11.8. The summed E-state index contributed by atoms with van der Waals surface area (Å²) < 4.78 is 21.9. The Morgan fingerprint density at radius 3 is 2.60 bits per heavy atom. The van der Waals surface area contributed by atoms with Gasteiger partial charge in [0.2, 0.25) is 0 Å². The summed E-state index contributed by atoms with van der Waals surface area (Å²) in [6.45, 7) is 0.442. The van der Waals surface area contributed by atoms with Crippen LogP contribution in [-0.2, 0) is 9.53 Å². The molecule has 0 spiro atoms. The van der Waals surface area contributed by atoms with E-state index < -0.39 is 5.97 Å².